The molecular weight excluding hydrogens is 232 g/mol. The molecule has 0 bridgehead atoms. The lowest BCUT2D eigenvalue weighted by Gasteiger charge is -2.28. The van der Waals surface area contributed by atoms with Crippen LogP contribution in [0.3, 0.4) is 0 Å². The van der Waals surface area contributed by atoms with Crippen molar-refractivity contribution in [1.29, 1.82) is 0 Å². The second-order valence-electron chi connectivity index (χ2n) is 5.78. The molecule has 1 unspecified atom stereocenters. The Hall–Kier alpha value is -0.860. The molecule has 0 aromatic heterocycles. The largest absolute Gasteiger partial charge is 0.315 e. The minimum Gasteiger partial charge on any atom is -0.315 e. The lowest BCUT2D eigenvalue weighted by atomic mass is 10.1. The van der Waals surface area contributed by atoms with Crippen LogP contribution in [0.15, 0.2) is 30.3 Å². The Morgan fingerprint density at radius 2 is 1.79 bits per heavy atom. The predicted octanol–water partition coefficient (Wildman–Crippen LogP) is 3.53. The van der Waals surface area contributed by atoms with Crippen molar-refractivity contribution in [3.8, 4) is 0 Å². The van der Waals surface area contributed by atoms with E-state index in [2.05, 4.69) is 68.2 Å². The van der Waals surface area contributed by atoms with Crippen LogP contribution in [-0.2, 0) is 6.54 Å². The number of hydrogen-bond acceptors (Lipinski definition) is 2. The van der Waals surface area contributed by atoms with Crippen molar-refractivity contribution in [3.63, 3.8) is 0 Å². The van der Waals surface area contributed by atoms with Gasteiger partial charge in [0.2, 0.25) is 0 Å². The number of rotatable bonds is 9. The average molecular weight is 262 g/mol. The highest BCUT2D eigenvalue weighted by Crippen LogP contribution is 2.07. The van der Waals surface area contributed by atoms with E-state index in [0.29, 0.717) is 6.04 Å². The highest BCUT2D eigenvalue weighted by molar-refractivity contribution is 5.14. The number of benzene rings is 1. The van der Waals surface area contributed by atoms with Crippen molar-refractivity contribution < 1.29 is 0 Å². The fraction of sp³-hybridized carbons (Fsp3) is 0.647. The molecule has 19 heavy (non-hydrogen) atoms. The van der Waals surface area contributed by atoms with Gasteiger partial charge in [0.15, 0.2) is 0 Å². The van der Waals surface area contributed by atoms with Gasteiger partial charge < -0.3 is 5.32 Å². The monoisotopic (exact) mass is 262 g/mol. The third-order valence-corrected chi connectivity index (χ3v) is 3.60. The molecule has 1 rings (SSSR count). The minimum absolute atomic E-state index is 0.581. The first-order chi connectivity index (χ1) is 9.13. The molecule has 0 fully saturated rings. The summed E-state index contributed by atoms with van der Waals surface area (Å²) in [6.45, 7) is 13.5. The quantitative estimate of drug-likeness (QED) is 0.685. The maximum Gasteiger partial charge on any atom is 0.0236 e. The Bertz CT molecular complexity index is 321. The summed E-state index contributed by atoms with van der Waals surface area (Å²) in [6, 6.07) is 11.3. The summed E-state index contributed by atoms with van der Waals surface area (Å²) in [5.41, 5.74) is 1.40. The third-order valence-electron chi connectivity index (χ3n) is 3.60. The fourth-order valence-corrected chi connectivity index (χ4v) is 2.23. The van der Waals surface area contributed by atoms with E-state index in [1.807, 2.05) is 0 Å². The average Bonchev–Trinajstić information content (AvgIpc) is 2.41. The highest BCUT2D eigenvalue weighted by atomic mass is 15.2. The number of nitrogens with zero attached hydrogens (tertiary/aromatic N) is 1. The first kappa shape index (κ1) is 16.2. The first-order valence-electron chi connectivity index (χ1n) is 7.62. The van der Waals surface area contributed by atoms with Crippen LogP contribution >= 0.6 is 0 Å². The summed E-state index contributed by atoms with van der Waals surface area (Å²) < 4.78 is 0. The molecule has 0 radical (unpaired) electrons. The molecule has 0 spiro atoms. The van der Waals surface area contributed by atoms with Gasteiger partial charge in [0.1, 0.15) is 0 Å². The van der Waals surface area contributed by atoms with Crippen molar-refractivity contribution in [1.82, 2.24) is 10.2 Å². The molecule has 2 nitrogen and oxygen atoms in total. The van der Waals surface area contributed by atoms with E-state index in [-0.39, 0.29) is 0 Å². The summed E-state index contributed by atoms with van der Waals surface area (Å²) in [6.07, 6.45) is 1.26. The van der Waals surface area contributed by atoms with E-state index in [1.54, 1.807) is 0 Å². The molecule has 2 heteroatoms. The van der Waals surface area contributed by atoms with Gasteiger partial charge in [-0.1, -0.05) is 51.1 Å². The second-order valence-corrected chi connectivity index (χ2v) is 5.78. The summed E-state index contributed by atoms with van der Waals surface area (Å²) >= 11 is 0. The molecule has 0 aliphatic heterocycles. The Kier molecular flexibility index (Phi) is 7.76. The van der Waals surface area contributed by atoms with Crippen LogP contribution in [0.4, 0.5) is 0 Å². The molecule has 0 aliphatic rings. The third kappa shape index (κ3) is 6.74. The van der Waals surface area contributed by atoms with Crippen LogP contribution in [0.1, 0.15) is 39.7 Å². The van der Waals surface area contributed by atoms with E-state index in [1.165, 1.54) is 12.0 Å². The van der Waals surface area contributed by atoms with Gasteiger partial charge in [-0.2, -0.15) is 0 Å². The van der Waals surface area contributed by atoms with E-state index in [0.717, 1.165) is 32.1 Å². The summed E-state index contributed by atoms with van der Waals surface area (Å²) in [4.78, 5) is 2.53. The van der Waals surface area contributed by atoms with Gasteiger partial charge in [-0.3, -0.25) is 4.90 Å². The zero-order valence-corrected chi connectivity index (χ0v) is 13.0. The molecule has 1 aromatic carbocycles. The lowest BCUT2D eigenvalue weighted by molar-refractivity contribution is 0.205. The van der Waals surface area contributed by atoms with Crippen molar-refractivity contribution in [2.75, 3.05) is 19.6 Å². The summed E-state index contributed by atoms with van der Waals surface area (Å²) in [5.74, 6) is 0.786. The van der Waals surface area contributed by atoms with Gasteiger partial charge in [-0.15, -0.1) is 0 Å². The van der Waals surface area contributed by atoms with Crippen LogP contribution in [0.5, 0.6) is 0 Å². The van der Waals surface area contributed by atoms with Crippen molar-refractivity contribution in [2.24, 2.45) is 5.92 Å². The van der Waals surface area contributed by atoms with Crippen LogP contribution in [-0.4, -0.2) is 30.6 Å². The SMILES string of the molecule is CCN(Cc1ccccc1)C(C)CNCCC(C)C. The van der Waals surface area contributed by atoms with Crippen LogP contribution in [0.25, 0.3) is 0 Å². The molecule has 1 aromatic rings. The van der Waals surface area contributed by atoms with Gasteiger partial charge >= 0.3 is 0 Å². The molecular formula is C17H30N2. The number of hydrogen-bond donors (Lipinski definition) is 1. The van der Waals surface area contributed by atoms with Gasteiger partial charge in [0, 0.05) is 19.1 Å². The zero-order chi connectivity index (χ0) is 14.1. The molecule has 0 heterocycles. The molecule has 0 saturated heterocycles. The topological polar surface area (TPSA) is 15.3 Å². The first-order valence-corrected chi connectivity index (χ1v) is 7.62. The molecule has 108 valence electrons. The van der Waals surface area contributed by atoms with Gasteiger partial charge in [-0.25, -0.2) is 0 Å². The van der Waals surface area contributed by atoms with E-state index < -0.39 is 0 Å². The molecule has 0 saturated carbocycles. The highest BCUT2D eigenvalue weighted by Gasteiger charge is 2.11. The van der Waals surface area contributed by atoms with Crippen molar-refractivity contribution in [2.45, 2.75) is 46.7 Å². The summed E-state index contributed by atoms with van der Waals surface area (Å²) in [5, 5.41) is 3.58. The van der Waals surface area contributed by atoms with E-state index in [9.17, 15) is 0 Å². The van der Waals surface area contributed by atoms with Crippen LogP contribution in [0, 0.1) is 5.92 Å². The second kappa shape index (κ2) is 9.11. The molecule has 1 atom stereocenters. The van der Waals surface area contributed by atoms with E-state index >= 15 is 0 Å². The number of nitrogens with one attached hydrogen (secondary N) is 1. The van der Waals surface area contributed by atoms with Crippen molar-refractivity contribution >= 4 is 0 Å². The fourth-order valence-electron chi connectivity index (χ4n) is 2.23. The standard InChI is InChI=1S/C17H30N2/c1-5-19(14-17-9-7-6-8-10-17)16(4)13-18-12-11-15(2)3/h6-10,15-16,18H,5,11-14H2,1-4H3. The maximum absolute atomic E-state index is 3.58. The summed E-state index contributed by atoms with van der Waals surface area (Å²) in [7, 11) is 0. The van der Waals surface area contributed by atoms with Gasteiger partial charge in [0.25, 0.3) is 0 Å². The minimum atomic E-state index is 0.581. The predicted molar refractivity (Wildman–Crippen MR) is 84.3 cm³/mol. The lowest BCUT2D eigenvalue weighted by Crippen LogP contribution is -2.40. The Labute approximate surface area is 119 Å². The molecule has 1 N–H and O–H groups in total. The number of likely N-dealkylation sites (N-methyl/N-ethyl adjacent to an activating group) is 1. The normalized spacial score (nSPS) is 13.2. The molecule has 0 aliphatic carbocycles. The van der Waals surface area contributed by atoms with Gasteiger partial charge in [-0.05, 0) is 37.9 Å². The Balaban J connectivity index is 2.33. The molecule has 0 amide bonds. The Morgan fingerprint density at radius 3 is 2.37 bits per heavy atom. The maximum atomic E-state index is 3.58. The zero-order valence-electron chi connectivity index (χ0n) is 13.0. The van der Waals surface area contributed by atoms with Gasteiger partial charge in [0.05, 0.1) is 0 Å². The Morgan fingerprint density at radius 1 is 1.11 bits per heavy atom. The smallest absolute Gasteiger partial charge is 0.0236 e. The van der Waals surface area contributed by atoms with Crippen molar-refractivity contribution in [3.05, 3.63) is 35.9 Å². The van der Waals surface area contributed by atoms with Crippen LogP contribution < -0.4 is 5.32 Å². The van der Waals surface area contributed by atoms with Crippen LogP contribution in [0.2, 0.25) is 0 Å². The van der Waals surface area contributed by atoms with E-state index in [4.69, 9.17) is 0 Å².